The molecule has 0 radical (unpaired) electrons. The summed E-state index contributed by atoms with van der Waals surface area (Å²) in [6, 6.07) is -0.364. The molecule has 1 amide bonds. The summed E-state index contributed by atoms with van der Waals surface area (Å²) in [6.45, 7) is 8.77. The molecule has 4 nitrogen and oxygen atoms in total. The molecular weight excluding hydrogens is 190 g/mol. The molecule has 90 valence electrons. The van der Waals surface area contributed by atoms with Gasteiger partial charge in [0.1, 0.15) is 0 Å². The Labute approximate surface area is 93.2 Å². The second-order valence-electron chi connectivity index (χ2n) is 4.42. The van der Waals surface area contributed by atoms with Gasteiger partial charge in [-0.3, -0.25) is 4.79 Å². The van der Waals surface area contributed by atoms with Crippen molar-refractivity contribution in [3.05, 3.63) is 0 Å². The molecule has 0 saturated heterocycles. The first kappa shape index (κ1) is 14.4. The summed E-state index contributed by atoms with van der Waals surface area (Å²) in [5.74, 6) is 0.428. The Morgan fingerprint density at radius 1 is 1.47 bits per heavy atom. The standard InChI is InChI=1S/C11H25N3O/c1-5-14(4)7-6-13-11(15)10(12)8-9(2)3/h9-10H,5-8,12H2,1-4H3,(H,13,15)/t10-/m0/s1. The maximum absolute atomic E-state index is 11.5. The van der Waals surface area contributed by atoms with Crippen LogP contribution in [-0.4, -0.2) is 43.5 Å². The Balaban J connectivity index is 3.64. The molecule has 0 rings (SSSR count). The van der Waals surface area contributed by atoms with Crippen molar-refractivity contribution in [1.82, 2.24) is 10.2 Å². The number of rotatable bonds is 7. The predicted octanol–water partition coefficient (Wildman–Crippen LogP) is 0.428. The second kappa shape index (κ2) is 7.65. The van der Waals surface area contributed by atoms with Crippen LogP contribution >= 0.6 is 0 Å². The monoisotopic (exact) mass is 215 g/mol. The molecule has 0 heterocycles. The summed E-state index contributed by atoms with van der Waals surface area (Å²) >= 11 is 0. The first-order valence-corrected chi connectivity index (χ1v) is 5.69. The molecule has 0 bridgehead atoms. The van der Waals surface area contributed by atoms with Crippen LogP contribution in [-0.2, 0) is 4.79 Å². The lowest BCUT2D eigenvalue weighted by Gasteiger charge is -2.17. The Morgan fingerprint density at radius 3 is 2.53 bits per heavy atom. The third-order valence-electron chi connectivity index (χ3n) is 2.39. The molecule has 1 atom stereocenters. The van der Waals surface area contributed by atoms with Crippen LogP contribution in [0.25, 0.3) is 0 Å². The number of nitrogens with one attached hydrogen (secondary N) is 1. The van der Waals surface area contributed by atoms with Gasteiger partial charge in [0.05, 0.1) is 6.04 Å². The van der Waals surface area contributed by atoms with Gasteiger partial charge in [0.2, 0.25) is 5.91 Å². The highest BCUT2D eigenvalue weighted by molar-refractivity contribution is 5.81. The Bertz CT molecular complexity index is 183. The van der Waals surface area contributed by atoms with E-state index >= 15 is 0 Å². The molecule has 0 aromatic carbocycles. The van der Waals surface area contributed by atoms with Crippen molar-refractivity contribution in [1.29, 1.82) is 0 Å². The van der Waals surface area contributed by atoms with Crippen molar-refractivity contribution in [2.45, 2.75) is 33.2 Å². The second-order valence-corrected chi connectivity index (χ2v) is 4.42. The van der Waals surface area contributed by atoms with Crippen molar-refractivity contribution in [2.75, 3.05) is 26.7 Å². The molecule has 0 aliphatic rings. The van der Waals surface area contributed by atoms with Gasteiger partial charge in [-0.1, -0.05) is 20.8 Å². The van der Waals surface area contributed by atoms with Gasteiger partial charge in [-0.2, -0.15) is 0 Å². The minimum Gasteiger partial charge on any atom is -0.353 e. The third kappa shape index (κ3) is 7.33. The molecule has 0 saturated carbocycles. The van der Waals surface area contributed by atoms with E-state index < -0.39 is 0 Å². The fourth-order valence-corrected chi connectivity index (χ4v) is 1.27. The zero-order valence-electron chi connectivity index (χ0n) is 10.4. The Hall–Kier alpha value is -0.610. The molecule has 0 aromatic rings. The van der Waals surface area contributed by atoms with E-state index in [0.29, 0.717) is 12.5 Å². The highest BCUT2D eigenvalue weighted by Gasteiger charge is 2.13. The van der Waals surface area contributed by atoms with Crippen LogP contribution in [0.5, 0.6) is 0 Å². The van der Waals surface area contributed by atoms with Crippen LogP contribution in [0.2, 0.25) is 0 Å². The van der Waals surface area contributed by atoms with E-state index in [2.05, 4.69) is 31.0 Å². The van der Waals surface area contributed by atoms with Crippen LogP contribution in [0.15, 0.2) is 0 Å². The van der Waals surface area contributed by atoms with Gasteiger partial charge >= 0.3 is 0 Å². The lowest BCUT2D eigenvalue weighted by atomic mass is 10.0. The zero-order chi connectivity index (χ0) is 11.8. The van der Waals surface area contributed by atoms with Gasteiger partial charge in [-0.25, -0.2) is 0 Å². The van der Waals surface area contributed by atoms with E-state index in [9.17, 15) is 4.79 Å². The summed E-state index contributed by atoms with van der Waals surface area (Å²) in [5, 5.41) is 2.85. The van der Waals surface area contributed by atoms with Crippen LogP contribution in [0.4, 0.5) is 0 Å². The van der Waals surface area contributed by atoms with Gasteiger partial charge < -0.3 is 16.0 Å². The normalized spacial score (nSPS) is 13.3. The Kier molecular flexibility index (Phi) is 7.34. The van der Waals surface area contributed by atoms with Gasteiger partial charge in [0.25, 0.3) is 0 Å². The SMILES string of the molecule is CCN(C)CCNC(=O)[C@@H](N)CC(C)C. The van der Waals surface area contributed by atoms with E-state index in [-0.39, 0.29) is 11.9 Å². The largest absolute Gasteiger partial charge is 0.353 e. The third-order valence-corrected chi connectivity index (χ3v) is 2.39. The highest BCUT2D eigenvalue weighted by Crippen LogP contribution is 2.02. The fourth-order valence-electron chi connectivity index (χ4n) is 1.27. The van der Waals surface area contributed by atoms with E-state index in [4.69, 9.17) is 5.73 Å². The van der Waals surface area contributed by atoms with Gasteiger partial charge in [0.15, 0.2) is 0 Å². The molecule has 3 N–H and O–H groups in total. The fraction of sp³-hybridized carbons (Fsp3) is 0.909. The number of amides is 1. The van der Waals surface area contributed by atoms with Gasteiger partial charge in [-0.05, 0) is 25.9 Å². The average Bonchev–Trinajstić information content (AvgIpc) is 2.16. The first-order valence-electron chi connectivity index (χ1n) is 5.69. The number of hydrogen-bond donors (Lipinski definition) is 2. The maximum Gasteiger partial charge on any atom is 0.236 e. The van der Waals surface area contributed by atoms with Crippen molar-refractivity contribution in [2.24, 2.45) is 11.7 Å². The summed E-state index contributed by atoms with van der Waals surface area (Å²) in [5.41, 5.74) is 5.74. The zero-order valence-corrected chi connectivity index (χ0v) is 10.4. The van der Waals surface area contributed by atoms with Crippen molar-refractivity contribution >= 4 is 5.91 Å². The molecule has 0 aliphatic heterocycles. The lowest BCUT2D eigenvalue weighted by molar-refractivity contribution is -0.122. The molecular formula is C11H25N3O. The Morgan fingerprint density at radius 2 is 2.07 bits per heavy atom. The lowest BCUT2D eigenvalue weighted by Crippen LogP contribution is -2.43. The molecule has 0 fully saturated rings. The number of hydrogen-bond acceptors (Lipinski definition) is 3. The van der Waals surface area contributed by atoms with E-state index in [0.717, 1.165) is 19.5 Å². The van der Waals surface area contributed by atoms with E-state index in [1.54, 1.807) is 0 Å². The number of likely N-dealkylation sites (N-methyl/N-ethyl adjacent to an activating group) is 1. The molecule has 0 aliphatic carbocycles. The predicted molar refractivity (Wildman–Crippen MR) is 63.6 cm³/mol. The number of carbonyl (C=O) groups excluding carboxylic acids is 1. The minimum atomic E-state index is -0.364. The average molecular weight is 215 g/mol. The van der Waals surface area contributed by atoms with Crippen LogP contribution in [0, 0.1) is 5.92 Å². The topological polar surface area (TPSA) is 58.4 Å². The highest BCUT2D eigenvalue weighted by atomic mass is 16.2. The number of nitrogens with two attached hydrogens (primary N) is 1. The smallest absolute Gasteiger partial charge is 0.236 e. The summed E-state index contributed by atoms with van der Waals surface area (Å²) in [7, 11) is 2.03. The van der Waals surface area contributed by atoms with Crippen molar-refractivity contribution in [3.8, 4) is 0 Å². The molecule has 0 spiro atoms. The summed E-state index contributed by atoms with van der Waals surface area (Å²) in [4.78, 5) is 13.6. The van der Waals surface area contributed by atoms with Crippen LogP contribution < -0.4 is 11.1 Å². The summed E-state index contributed by atoms with van der Waals surface area (Å²) in [6.07, 6.45) is 0.745. The first-order chi connectivity index (χ1) is 6.97. The number of nitrogens with zero attached hydrogens (tertiary/aromatic N) is 1. The van der Waals surface area contributed by atoms with Crippen molar-refractivity contribution < 1.29 is 4.79 Å². The van der Waals surface area contributed by atoms with Gasteiger partial charge in [-0.15, -0.1) is 0 Å². The van der Waals surface area contributed by atoms with Crippen molar-refractivity contribution in [3.63, 3.8) is 0 Å². The number of carbonyl (C=O) groups is 1. The van der Waals surface area contributed by atoms with E-state index in [1.807, 2.05) is 7.05 Å². The van der Waals surface area contributed by atoms with Crippen LogP contribution in [0.1, 0.15) is 27.2 Å². The molecule has 4 heteroatoms. The quantitative estimate of drug-likeness (QED) is 0.647. The minimum absolute atomic E-state index is 0.0341. The molecule has 0 aromatic heterocycles. The molecule has 15 heavy (non-hydrogen) atoms. The maximum atomic E-state index is 11.5. The van der Waals surface area contributed by atoms with E-state index in [1.165, 1.54) is 0 Å². The molecule has 0 unspecified atom stereocenters. The summed E-state index contributed by atoms with van der Waals surface area (Å²) < 4.78 is 0. The van der Waals surface area contributed by atoms with Crippen LogP contribution in [0.3, 0.4) is 0 Å². The van der Waals surface area contributed by atoms with Gasteiger partial charge in [0, 0.05) is 13.1 Å².